The summed E-state index contributed by atoms with van der Waals surface area (Å²) in [6, 6.07) is 5.01. The van der Waals surface area contributed by atoms with Crippen molar-refractivity contribution in [1.82, 2.24) is 0 Å². The zero-order chi connectivity index (χ0) is 12.1. The second-order valence-electron chi connectivity index (χ2n) is 3.47. The number of nitrogens with one attached hydrogen (secondary N) is 1. The van der Waals surface area contributed by atoms with E-state index < -0.39 is 0 Å². The fourth-order valence-electron chi connectivity index (χ4n) is 1.21. The van der Waals surface area contributed by atoms with E-state index in [0.29, 0.717) is 22.8 Å². The van der Waals surface area contributed by atoms with Crippen molar-refractivity contribution >= 4 is 23.3 Å². The number of esters is 1. The van der Waals surface area contributed by atoms with Gasteiger partial charge < -0.3 is 15.8 Å². The number of methoxy groups -OCH3 is 1. The van der Waals surface area contributed by atoms with Gasteiger partial charge in [0.2, 0.25) is 0 Å². The van der Waals surface area contributed by atoms with Gasteiger partial charge >= 0.3 is 5.97 Å². The van der Waals surface area contributed by atoms with Crippen LogP contribution < -0.4 is 11.1 Å². The molecular weight excluding hydrogens is 228 g/mol. The number of nitrogens with two attached hydrogens (primary N) is 1. The standard InChI is InChI=1S/C11H15ClN2O2/c1-7(6-13)14-10-5-8(11(15)16-2)3-4-9(10)12/h3-5,7,14H,6,13H2,1-2H3. The Hall–Kier alpha value is -1.26. The third-order valence-electron chi connectivity index (χ3n) is 2.14. The maximum atomic E-state index is 11.3. The van der Waals surface area contributed by atoms with Crippen LogP contribution in [-0.2, 0) is 4.74 Å². The van der Waals surface area contributed by atoms with Gasteiger partial charge in [0.15, 0.2) is 0 Å². The van der Waals surface area contributed by atoms with Gasteiger partial charge in [-0.3, -0.25) is 0 Å². The van der Waals surface area contributed by atoms with E-state index in [0.717, 1.165) is 0 Å². The average Bonchev–Trinajstić information content (AvgIpc) is 2.30. The monoisotopic (exact) mass is 242 g/mol. The lowest BCUT2D eigenvalue weighted by Crippen LogP contribution is -2.25. The van der Waals surface area contributed by atoms with Crippen LogP contribution in [0.25, 0.3) is 0 Å². The van der Waals surface area contributed by atoms with Gasteiger partial charge in [-0.25, -0.2) is 4.79 Å². The molecule has 3 N–H and O–H groups in total. The summed E-state index contributed by atoms with van der Waals surface area (Å²) in [7, 11) is 1.34. The number of carbonyl (C=O) groups is 1. The number of anilines is 1. The lowest BCUT2D eigenvalue weighted by atomic mass is 10.2. The van der Waals surface area contributed by atoms with E-state index in [1.807, 2.05) is 6.92 Å². The molecule has 4 nitrogen and oxygen atoms in total. The van der Waals surface area contributed by atoms with Gasteiger partial charge in [-0.15, -0.1) is 0 Å². The Morgan fingerprint density at radius 3 is 2.88 bits per heavy atom. The molecule has 0 saturated heterocycles. The minimum absolute atomic E-state index is 0.0883. The summed E-state index contributed by atoms with van der Waals surface area (Å²) >= 11 is 5.99. The van der Waals surface area contributed by atoms with Crippen molar-refractivity contribution in [3.05, 3.63) is 28.8 Å². The molecule has 0 bridgehead atoms. The van der Waals surface area contributed by atoms with Crippen molar-refractivity contribution in [2.45, 2.75) is 13.0 Å². The molecule has 0 aliphatic rings. The van der Waals surface area contributed by atoms with E-state index in [2.05, 4.69) is 10.1 Å². The summed E-state index contributed by atoms with van der Waals surface area (Å²) < 4.78 is 4.63. The van der Waals surface area contributed by atoms with Crippen LogP contribution in [0.2, 0.25) is 5.02 Å². The molecular formula is C11H15ClN2O2. The minimum Gasteiger partial charge on any atom is -0.465 e. The smallest absolute Gasteiger partial charge is 0.337 e. The first kappa shape index (κ1) is 12.8. The second kappa shape index (κ2) is 5.72. The Kier molecular flexibility index (Phi) is 4.58. The lowest BCUT2D eigenvalue weighted by Gasteiger charge is -2.14. The first-order valence-electron chi connectivity index (χ1n) is 4.93. The van der Waals surface area contributed by atoms with Gasteiger partial charge in [0.05, 0.1) is 23.4 Å². The van der Waals surface area contributed by atoms with Crippen molar-refractivity contribution in [2.24, 2.45) is 5.73 Å². The molecule has 0 aliphatic heterocycles. The molecule has 5 heteroatoms. The third-order valence-corrected chi connectivity index (χ3v) is 2.47. The maximum Gasteiger partial charge on any atom is 0.337 e. The lowest BCUT2D eigenvalue weighted by molar-refractivity contribution is 0.0601. The van der Waals surface area contributed by atoms with Crippen LogP contribution in [-0.4, -0.2) is 25.7 Å². The highest BCUT2D eigenvalue weighted by molar-refractivity contribution is 6.33. The van der Waals surface area contributed by atoms with Crippen LogP contribution >= 0.6 is 11.6 Å². The molecule has 0 aromatic heterocycles. The molecule has 0 spiro atoms. The molecule has 0 fully saturated rings. The van der Waals surface area contributed by atoms with Crippen LogP contribution in [0, 0.1) is 0 Å². The summed E-state index contributed by atoms with van der Waals surface area (Å²) in [5.41, 5.74) is 6.64. The first-order valence-corrected chi connectivity index (χ1v) is 5.30. The molecule has 0 amide bonds. The summed E-state index contributed by atoms with van der Waals surface area (Å²) in [5, 5.41) is 3.66. The van der Waals surface area contributed by atoms with Crippen molar-refractivity contribution in [1.29, 1.82) is 0 Å². The van der Waals surface area contributed by atoms with Gasteiger partial charge in [0.1, 0.15) is 0 Å². The number of halogens is 1. The summed E-state index contributed by atoms with van der Waals surface area (Å²) in [6.07, 6.45) is 0. The van der Waals surface area contributed by atoms with Crippen molar-refractivity contribution in [2.75, 3.05) is 19.0 Å². The number of hydrogen-bond acceptors (Lipinski definition) is 4. The molecule has 0 saturated carbocycles. The predicted molar refractivity (Wildman–Crippen MR) is 64.9 cm³/mol. The third kappa shape index (κ3) is 3.12. The van der Waals surface area contributed by atoms with E-state index in [1.54, 1.807) is 18.2 Å². The Morgan fingerprint density at radius 2 is 2.31 bits per heavy atom. The van der Waals surface area contributed by atoms with E-state index >= 15 is 0 Å². The van der Waals surface area contributed by atoms with E-state index in [4.69, 9.17) is 17.3 Å². The fourth-order valence-corrected chi connectivity index (χ4v) is 1.38. The largest absolute Gasteiger partial charge is 0.465 e. The zero-order valence-electron chi connectivity index (χ0n) is 9.29. The van der Waals surface area contributed by atoms with Crippen LogP contribution in [0.5, 0.6) is 0 Å². The Labute approximate surface area is 99.7 Å². The molecule has 0 heterocycles. The summed E-state index contributed by atoms with van der Waals surface area (Å²) in [5.74, 6) is -0.389. The van der Waals surface area contributed by atoms with Gasteiger partial charge in [0.25, 0.3) is 0 Å². The van der Waals surface area contributed by atoms with Crippen LogP contribution in [0.1, 0.15) is 17.3 Å². The zero-order valence-corrected chi connectivity index (χ0v) is 10.0. The second-order valence-corrected chi connectivity index (χ2v) is 3.87. The fraction of sp³-hybridized carbons (Fsp3) is 0.364. The highest BCUT2D eigenvalue weighted by Crippen LogP contribution is 2.23. The van der Waals surface area contributed by atoms with Gasteiger partial charge in [-0.1, -0.05) is 11.6 Å². The Balaban J connectivity index is 2.94. The number of rotatable bonds is 4. The molecule has 1 aromatic rings. The van der Waals surface area contributed by atoms with Gasteiger partial charge in [-0.2, -0.15) is 0 Å². The average molecular weight is 243 g/mol. The van der Waals surface area contributed by atoms with Gasteiger partial charge in [-0.05, 0) is 25.1 Å². The Morgan fingerprint density at radius 1 is 1.62 bits per heavy atom. The van der Waals surface area contributed by atoms with Crippen molar-refractivity contribution in [3.8, 4) is 0 Å². The predicted octanol–water partition coefficient (Wildman–Crippen LogP) is 1.89. The van der Waals surface area contributed by atoms with E-state index in [9.17, 15) is 4.79 Å². The van der Waals surface area contributed by atoms with Crippen LogP contribution in [0.3, 0.4) is 0 Å². The molecule has 0 radical (unpaired) electrons. The maximum absolute atomic E-state index is 11.3. The number of benzene rings is 1. The highest BCUT2D eigenvalue weighted by Gasteiger charge is 2.10. The molecule has 88 valence electrons. The molecule has 1 rings (SSSR count). The molecule has 1 unspecified atom stereocenters. The molecule has 1 aromatic carbocycles. The summed E-state index contributed by atoms with van der Waals surface area (Å²) in [4.78, 5) is 11.3. The number of hydrogen-bond donors (Lipinski definition) is 2. The topological polar surface area (TPSA) is 64.3 Å². The van der Waals surface area contributed by atoms with E-state index in [-0.39, 0.29) is 12.0 Å². The highest BCUT2D eigenvalue weighted by atomic mass is 35.5. The van der Waals surface area contributed by atoms with Crippen LogP contribution in [0.15, 0.2) is 18.2 Å². The van der Waals surface area contributed by atoms with Gasteiger partial charge in [0, 0.05) is 12.6 Å². The number of carbonyl (C=O) groups excluding carboxylic acids is 1. The van der Waals surface area contributed by atoms with Crippen LogP contribution in [0.4, 0.5) is 5.69 Å². The summed E-state index contributed by atoms with van der Waals surface area (Å²) in [6.45, 7) is 2.42. The minimum atomic E-state index is -0.389. The first-order chi connectivity index (χ1) is 7.58. The molecule has 16 heavy (non-hydrogen) atoms. The molecule has 1 atom stereocenters. The Bertz CT molecular complexity index is 382. The quantitative estimate of drug-likeness (QED) is 0.792. The van der Waals surface area contributed by atoms with E-state index in [1.165, 1.54) is 7.11 Å². The SMILES string of the molecule is COC(=O)c1ccc(Cl)c(NC(C)CN)c1. The van der Waals surface area contributed by atoms with Crippen molar-refractivity contribution in [3.63, 3.8) is 0 Å². The number of ether oxygens (including phenoxy) is 1. The molecule has 0 aliphatic carbocycles. The normalized spacial score (nSPS) is 12.0. The van der Waals surface area contributed by atoms with Crippen molar-refractivity contribution < 1.29 is 9.53 Å².